The number of carbonyl (C=O) groups is 2. The summed E-state index contributed by atoms with van der Waals surface area (Å²) in [5, 5.41) is 21.5. The highest BCUT2D eigenvalue weighted by molar-refractivity contribution is 7.99. The fourth-order valence-electron chi connectivity index (χ4n) is 1.43. The van der Waals surface area contributed by atoms with E-state index < -0.39 is 17.9 Å². The summed E-state index contributed by atoms with van der Waals surface area (Å²) in [6.07, 6.45) is 0. The van der Waals surface area contributed by atoms with Crippen molar-refractivity contribution in [2.75, 3.05) is 18.1 Å². The van der Waals surface area contributed by atoms with Crippen molar-refractivity contribution in [2.24, 2.45) is 0 Å². The Morgan fingerprint density at radius 3 is 3.00 bits per heavy atom. The van der Waals surface area contributed by atoms with Crippen LogP contribution in [-0.4, -0.2) is 66.6 Å². The van der Waals surface area contributed by atoms with Gasteiger partial charge in [-0.25, -0.2) is 4.79 Å². The summed E-state index contributed by atoms with van der Waals surface area (Å²) in [6, 6.07) is -0.815. The maximum atomic E-state index is 11.8. The molecule has 0 saturated carbocycles. The van der Waals surface area contributed by atoms with Crippen molar-refractivity contribution in [3.8, 4) is 0 Å². The van der Waals surface area contributed by atoms with Crippen LogP contribution in [0.2, 0.25) is 0 Å². The molecular formula is C7H9N5O3S. The third-order valence-electron chi connectivity index (χ3n) is 2.21. The van der Waals surface area contributed by atoms with Crippen molar-refractivity contribution in [1.29, 1.82) is 0 Å². The molecule has 1 aromatic rings. The van der Waals surface area contributed by atoms with E-state index in [2.05, 4.69) is 20.6 Å². The molecule has 1 amide bonds. The summed E-state index contributed by atoms with van der Waals surface area (Å²) in [6.45, 7) is 0.384. The summed E-state index contributed by atoms with van der Waals surface area (Å²) in [4.78, 5) is 24.1. The highest BCUT2D eigenvalue weighted by Crippen LogP contribution is 2.17. The topological polar surface area (TPSA) is 112 Å². The van der Waals surface area contributed by atoms with Gasteiger partial charge in [0.1, 0.15) is 6.04 Å². The molecule has 2 N–H and O–H groups in total. The zero-order valence-electron chi connectivity index (χ0n) is 8.16. The van der Waals surface area contributed by atoms with Crippen molar-refractivity contribution in [2.45, 2.75) is 6.04 Å². The van der Waals surface area contributed by atoms with Gasteiger partial charge >= 0.3 is 5.97 Å². The van der Waals surface area contributed by atoms with Gasteiger partial charge in [0, 0.05) is 18.1 Å². The molecule has 0 aromatic carbocycles. The highest BCUT2D eigenvalue weighted by Gasteiger charge is 2.34. The Morgan fingerprint density at radius 1 is 1.56 bits per heavy atom. The first kappa shape index (κ1) is 10.9. The lowest BCUT2D eigenvalue weighted by atomic mass is 10.2. The van der Waals surface area contributed by atoms with Crippen LogP contribution < -0.4 is 0 Å². The number of carboxylic acids is 1. The van der Waals surface area contributed by atoms with Crippen molar-refractivity contribution < 1.29 is 14.7 Å². The number of aromatic nitrogens is 4. The van der Waals surface area contributed by atoms with Gasteiger partial charge in [0.2, 0.25) is 0 Å². The van der Waals surface area contributed by atoms with Crippen LogP contribution >= 0.6 is 11.8 Å². The number of aliphatic carboxylic acids is 1. The Morgan fingerprint density at radius 2 is 2.38 bits per heavy atom. The molecule has 1 aliphatic heterocycles. The summed E-state index contributed by atoms with van der Waals surface area (Å²) in [5.41, 5.74) is 0. The monoisotopic (exact) mass is 243 g/mol. The van der Waals surface area contributed by atoms with Crippen LogP contribution in [0.25, 0.3) is 0 Å². The smallest absolute Gasteiger partial charge is 0.327 e. The molecule has 0 radical (unpaired) electrons. The number of carboxylic acid groups (broad SMARTS) is 1. The molecule has 86 valence electrons. The van der Waals surface area contributed by atoms with Gasteiger partial charge in [-0.15, -0.1) is 10.2 Å². The van der Waals surface area contributed by atoms with Crippen LogP contribution in [0.5, 0.6) is 0 Å². The molecule has 9 heteroatoms. The molecular weight excluding hydrogens is 234 g/mol. The molecule has 0 spiro atoms. The Balaban J connectivity index is 2.17. The van der Waals surface area contributed by atoms with Gasteiger partial charge in [0.05, 0.1) is 0 Å². The van der Waals surface area contributed by atoms with Crippen LogP contribution in [0, 0.1) is 0 Å². The van der Waals surface area contributed by atoms with Crippen LogP contribution in [-0.2, 0) is 4.79 Å². The van der Waals surface area contributed by atoms with E-state index in [-0.39, 0.29) is 5.82 Å². The first-order chi connectivity index (χ1) is 7.70. The molecule has 0 bridgehead atoms. The number of hydrogen-bond donors (Lipinski definition) is 2. The average Bonchev–Trinajstić information content (AvgIpc) is 2.81. The van der Waals surface area contributed by atoms with E-state index in [4.69, 9.17) is 5.11 Å². The van der Waals surface area contributed by atoms with Gasteiger partial charge in [-0.3, -0.25) is 4.79 Å². The van der Waals surface area contributed by atoms with Crippen molar-refractivity contribution in [1.82, 2.24) is 25.5 Å². The normalized spacial score (nSPS) is 20.8. The fourth-order valence-corrected chi connectivity index (χ4v) is 2.47. The number of thioether (sulfide) groups is 1. The van der Waals surface area contributed by atoms with Crippen molar-refractivity contribution >= 4 is 23.6 Å². The van der Waals surface area contributed by atoms with Gasteiger partial charge in [0.25, 0.3) is 11.7 Å². The first-order valence-corrected chi connectivity index (χ1v) is 5.70. The van der Waals surface area contributed by atoms with E-state index in [0.717, 1.165) is 0 Å². The maximum absolute atomic E-state index is 11.8. The number of H-pyrrole nitrogens is 1. The average molecular weight is 243 g/mol. The quantitative estimate of drug-likeness (QED) is 0.673. The molecule has 1 aromatic heterocycles. The van der Waals surface area contributed by atoms with E-state index in [1.807, 2.05) is 0 Å². The van der Waals surface area contributed by atoms with E-state index in [0.29, 0.717) is 18.1 Å². The predicted octanol–water partition coefficient (Wildman–Crippen LogP) is -1.16. The SMILES string of the molecule is O=C(O)C1CSCCN1C(=O)c1nn[nH]n1. The number of nitrogens with one attached hydrogen (secondary N) is 1. The van der Waals surface area contributed by atoms with E-state index >= 15 is 0 Å². The van der Waals surface area contributed by atoms with Gasteiger partial charge in [0.15, 0.2) is 0 Å². The third-order valence-corrected chi connectivity index (χ3v) is 3.23. The van der Waals surface area contributed by atoms with Crippen LogP contribution in [0.4, 0.5) is 0 Å². The van der Waals surface area contributed by atoms with Crippen LogP contribution in [0.1, 0.15) is 10.6 Å². The lowest BCUT2D eigenvalue weighted by molar-refractivity contribution is -0.141. The molecule has 1 fully saturated rings. The van der Waals surface area contributed by atoms with Gasteiger partial charge < -0.3 is 10.0 Å². The molecule has 2 rings (SSSR count). The number of amides is 1. The first-order valence-electron chi connectivity index (χ1n) is 4.55. The second kappa shape index (κ2) is 4.47. The van der Waals surface area contributed by atoms with Crippen molar-refractivity contribution in [3.63, 3.8) is 0 Å². The van der Waals surface area contributed by atoms with Gasteiger partial charge in [-0.1, -0.05) is 0 Å². The number of hydrogen-bond acceptors (Lipinski definition) is 6. The number of nitrogens with zero attached hydrogens (tertiary/aromatic N) is 4. The van der Waals surface area contributed by atoms with Crippen LogP contribution in [0.15, 0.2) is 0 Å². The summed E-state index contributed by atoms with van der Waals surface area (Å²) in [7, 11) is 0. The second-order valence-corrected chi connectivity index (χ2v) is 4.31. The molecule has 1 aliphatic rings. The molecule has 2 heterocycles. The zero-order valence-corrected chi connectivity index (χ0v) is 8.98. The third kappa shape index (κ3) is 1.98. The number of aromatic amines is 1. The molecule has 1 atom stereocenters. The Kier molecular flexibility index (Phi) is 3.04. The molecule has 0 aliphatic carbocycles. The van der Waals surface area contributed by atoms with E-state index in [1.165, 1.54) is 16.7 Å². The largest absolute Gasteiger partial charge is 0.480 e. The highest BCUT2D eigenvalue weighted by atomic mass is 32.2. The predicted molar refractivity (Wildman–Crippen MR) is 54.0 cm³/mol. The lowest BCUT2D eigenvalue weighted by Crippen LogP contribution is -2.50. The minimum Gasteiger partial charge on any atom is -0.480 e. The zero-order chi connectivity index (χ0) is 11.5. The minimum absolute atomic E-state index is 0.0989. The summed E-state index contributed by atoms with van der Waals surface area (Å²) in [5.74, 6) is -0.504. The Bertz CT molecular complexity index is 395. The maximum Gasteiger partial charge on any atom is 0.327 e. The summed E-state index contributed by atoms with van der Waals surface area (Å²) >= 11 is 1.51. The van der Waals surface area contributed by atoms with E-state index in [9.17, 15) is 9.59 Å². The minimum atomic E-state index is -1.01. The van der Waals surface area contributed by atoms with Gasteiger partial charge in [-0.05, 0) is 5.21 Å². The molecule has 8 nitrogen and oxygen atoms in total. The molecule has 1 unspecified atom stereocenters. The Hall–Kier alpha value is -1.64. The van der Waals surface area contributed by atoms with Crippen LogP contribution in [0.3, 0.4) is 0 Å². The molecule has 1 saturated heterocycles. The van der Waals surface area contributed by atoms with Gasteiger partial charge in [-0.2, -0.15) is 17.0 Å². The number of rotatable bonds is 2. The summed E-state index contributed by atoms with van der Waals surface area (Å²) < 4.78 is 0. The number of tetrazole rings is 1. The fraction of sp³-hybridized carbons (Fsp3) is 0.571. The second-order valence-electron chi connectivity index (χ2n) is 3.16. The number of carbonyl (C=O) groups excluding carboxylic acids is 1. The molecule has 16 heavy (non-hydrogen) atoms. The standard InChI is InChI=1S/C7H9N5O3S/c13-6(5-8-10-11-9-5)12-1-2-16-3-4(12)7(14)15/h4H,1-3H2,(H,14,15)(H,8,9,10,11). The lowest BCUT2D eigenvalue weighted by Gasteiger charge is -2.31. The van der Waals surface area contributed by atoms with Crippen molar-refractivity contribution in [3.05, 3.63) is 5.82 Å². The Labute approximate surface area is 94.4 Å². The van der Waals surface area contributed by atoms with E-state index in [1.54, 1.807) is 0 Å².